The average molecular weight is 353 g/mol. The Hall–Kier alpha value is -0.870. The Morgan fingerprint density at radius 2 is 2.10 bits per heavy atom. The molecular weight excluding hydrogens is 328 g/mol. The van der Waals surface area contributed by atoms with Gasteiger partial charge in [-0.1, -0.05) is 41.1 Å². The number of carbonyl (C=O) groups is 1. The van der Waals surface area contributed by atoms with Gasteiger partial charge in [0, 0.05) is 11.0 Å². The summed E-state index contributed by atoms with van der Waals surface area (Å²) in [4.78, 5) is 14.9. The van der Waals surface area contributed by atoms with E-state index in [2.05, 4.69) is 35.8 Å². The van der Waals surface area contributed by atoms with Gasteiger partial charge in [0.1, 0.15) is 0 Å². The highest BCUT2D eigenvalue weighted by Crippen LogP contribution is 2.40. The molecule has 0 aromatic heterocycles. The molecule has 1 aromatic carbocycles. The Morgan fingerprint density at radius 1 is 1.48 bits per heavy atom. The van der Waals surface area contributed by atoms with Crippen LogP contribution in [0.5, 0.6) is 0 Å². The molecule has 1 fully saturated rings. The topological polar surface area (TPSA) is 46.3 Å². The van der Waals surface area contributed by atoms with E-state index >= 15 is 0 Å². The number of nitrogens with two attached hydrogens (primary N) is 1. The van der Waals surface area contributed by atoms with Crippen LogP contribution in [0.4, 0.5) is 0 Å². The summed E-state index contributed by atoms with van der Waals surface area (Å²) in [5, 5.41) is 0. The van der Waals surface area contributed by atoms with Crippen LogP contribution in [0.1, 0.15) is 51.6 Å². The van der Waals surface area contributed by atoms with Crippen molar-refractivity contribution in [3.8, 4) is 0 Å². The number of halogens is 1. The SMILES string of the molecule is CCCN(C(=O)C(C)(N)C1CC1)C(C)c1ccccc1Br. The zero-order valence-corrected chi connectivity index (χ0v) is 14.7. The summed E-state index contributed by atoms with van der Waals surface area (Å²) in [5.74, 6) is 0.422. The highest BCUT2D eigenvalue weighted by molar-refractivity contribution is 9.10. The molecule has 0 aliphatic heterocycles. The maximum atomic E-state index is 12.9. The zero-order chi connectivity index (χ0) is 15.6. The van der Waals surface area contributed by atoms with Crippen LogP contribution >= 0.6 is 15.9 Å². The molecule has 0 saturated heterocycles. The molecule has 1 aliphatic carbocycles. The minimum atomic E-state index is -0.731. The van der Waals surface area contributed by atoms with Crippen LogP contribution in [0.2, 0.25) is 0 Å². The molecule has 1 aromatic rings. The van der Waals surface area contributed by atoms with E-state index in [4.69, 9.17) is 5.73 Å². The van der Waals surface area contributed by atoms with Gasteiger partial charge >= 0.3 is 0 Å². The molecule has 1 saturated carbocycles. The van der Waals surface area contributed by atoms with E-state index in [9.17, 15) is 4.79 Å². The maximum Gasteiger partial charge on any atom is 0.243 e. The van der Waals surface area contributed by atoms with Gasteiger partial charge in [0.15, 0.2) is 0 Å². The third-order valence-electron chi connectivity index (χ3n) is 4.43. The van der Waals surface area contributed by atoms with E-state index in [1.165, 1.54) is 0 Å². The van der Waals surface area contributed by atoms with Gasteiger partial charge in [-0.2, -0.15) is 0 Å². The summed E-state index contributed by atoms with van der Waals surface area (Å²) in [5.41, 5.74) is 6.75. The molecule has 4 heteroatoms. The summed E-state index contributed by atoms with van der Waals surface area (Å²) in [7, 11) is 0. The van der Waals surface area contributed by atoms with Gasteiger partial charge in [-0.25, -0.2) is 0 Å². The molecule has 116 valence electrons. The largest absolute Gasteiger partial charge is 0.334 e. The molecule has 21 heavy (non-hydrogen) atoms. The van der Waals surface area contributed by atoms with Crippen molar-refractivity contribution in [3.63, 3.8) is 0 Å². The van der Waals surface area contributed by atoms with Crippen LogP contribution in [0.25, 0.3) is 0 Å². The van der Waals surface area contributed by atoms with Gasteiger partial charge < -0.3 is 10.6 Å². The first-order chi connectivity index (χ1) is 9.89. The van der Waals surface area contributed by atoms with E-state index in [1.807, 2.05) is 30.0 Å². The number of hydrogen-bond donors (Lipinski definition) is 1. The lowest BCUT2D eigenvalue weighted by Gasteiger charge is -2.36. The highest BCUT2D eigenvalue weighted by atomic mass is 79.9. The first-order valence-electron chi connectivity index (χ1n) is 7.74. The van der Waals surface area contributed by atoms with E-state index < -0.39 is 5.54 Å². The van der Waals surface area contributed by atoms with Crippen molar-refractivity contribution in [1.82, 2.24) is 4.90 Å². The predicted molar refractivity (Wildman–Crippen MR) is 89.9 cm³/mol. The van der Waals surface area contributed by atoms with Crippen LogP contribution < -0.4 is 5.73 Å². The summed E-state index contributed by atoms with van der Waals surface area (Å²) < 4.78 is 1.04. The Labute approximate surface area is 136 Å². The van der Waals surface area contributed by atoms with E-state index in [0.29, 0.717) is 5.92 Å². The Morgan fingerprint density at radius 3 is 2.62 bits per heavy atom. The molecule has 2 rings (SSSR count). The molecule has 2 N–H and O–H groups in total. The normalized spacial score (nSPS) is 18.9. The number of rotatable bonds is 6. The Bertz CT molecular complexity index is 511. The molecule has 2 unspecified atom stereocenters. The molecule has 0 bridgehead atoms. The number of nitrogens with zero attached hydrogens (tertiary/aromatic N) is 1. The minimum absolute atomic E-state index is 0.0228. The van der Waals surface area contributed by atoms with Crippen molar-refractivity contribution in [2.24, 2.45) is 11.7 Å². The second-order valence-corrected chi connectivity index (χ2v) is 7.11. The summed E-state index contributed by atoms with van der Waals surface area (Å²) in [6.45, 7) is 6.80. The van der Waals surface area contributed by atoms with Crippen molar-refractivity contribution < 1.29 is 4.79 Å². The third-order valence-corrected chi connectivity index (χ3v) is 5.16. The molecule has 2 atom stereocenters. The quantitative estimate of drug-likeness (QED) is 0.844. The lowest BCUT2D eigenvalue weighted by atomic mass is 9.93. The van der Waals surface area contributed by atoms with Crippen LogP contribution in [-0.2, 0) is 4.79 Å². The van der Waals surface area contributed by atoms with Gasteiger partial charge in [0.05, 0.1) is 11.6 Å². The minimum Gasteiger partial charge on any atom is -0.334 e. The smallest absolute Gasteiger partial charge is 0.243 e. The fourth-order valence-electron chi connectivity index (χ4n) is 2.86. The van der Waals surface area contributed by atoms with Crippen molar-refractivity contribution in [2.75, 3.05) is 6.54 Å². The van der Waals surface area contributed by atoms with Crippen molar-refractivity contribution in [2.45, 2.75) is 51.6 Å². The lowest BCUT2D eigenvalue weighted by Crippen LogP contribution is -2.55. The molecule has 1 aliphatic rings. The average Bonchev–Trinajstić information content (AvgIpc) is 3.29. The summed E-state index contributed by atoms with van der Waals surface area (Å²) in [6.07, 6.45) is 3.07. The molecule has 1 amide bonds. The van der Waals surface area contributed by atoms with Gasteiger partial charge in [-0.05, 0) is 50.7 Å². The predicted octanol–water partition coefficient (Wildman–Crippen LogP) is 3.88. The standard InChI is InChI=1S/C17H25BrN2O/c1-4-11-20(16(21)17(3,19)13-9-10-13)12(2)14-7-5-6-8-15(14)18/h5-8,12-13H,4,9-11,19H2,1-3H3. The van der Waals surface area contributed by atoms with Crippen molar-refractivity contribution >= 4 is 21.8 Å². The fourth-order valence-corrected chi connectivity index (χ4v) is 3.48. The second kappa shape index (κ2) is 6.49. The molecular formula is C17H25BrN2O. The van der Waals surface area contributed by atoms with Gasteiger partial charge in [0.2, 0.25) is 5.91 Å². The molecule has 3 nitrogen and oxygen atoms in total. The maximum absolute atomic E-state index is 12.9. The molecule has 0 spiro atoms. The lowest BCUT2D eigenvalue weighted by molar-refractivity contribution is -0.139. The zero-order valence-electron chi connectivity index (χ0n) is 13.1. The molecule has 0 heterocycles. The number of amides is 1. The Kier molecular flexibility index (Phi) is 5.10. The number of hydrogen-bond acceptors (Lipinski definition) is 2. The summed E-state index contributed by atoms with van der Waals surface area (Å²) in [6, 6.07) is 8.10. The fraction of sp³-hybridized carbons (Fsp3) is 0.588. The van der Waals surface area contributed by atoms with Crippen LogP contribution in [-0.4, -0.2) is 22.9 Å². The van der Waals surface area contributed by atoms with Gasteiger partial charge in [0.25, 0.3) is 0 Å². The third kappa shape index (κ3) is 3.49. The van der Waals surface area contributed by atoms with Crippen LogP contribution in [0.15, 0.2) is 28.7 Å². The number of benzene rings is 1. The monoisotopic (exact) mass is 352 g/mol. The summed E-state index contributed by atoms with van der Waals surface area (Å²) >= 11 is 3.59. The van der Waals surface area contributed by atoms with Crippen LogP contribution in [0, 0.1) is 5.92 Å². The first kappa shape index (κ1) is 16.5. The Balaban J connectivity index is 2.26. The first-order valence-corrected chi connectivity index (χ1v) is 8.53. The number of carbonyl (C=O) groups excluding carboxylic acids is 1. The van der Waals surface area contributed by atoms with Crippen molar-refractivity contribution in [3.05, 3.63) is 34.3 Å². The van der Waals surface area contributed by atoms with E-state index in [-0.39, 0.29) is 11.9 Å². The van der Waals surface area contributed by atoms with Gasteiger partial charge in [-0.3, -0.25) is 4.79 Å². The molecule has 0 radical (unpaired) electrons. The van der Waals surface area contributed by atoms with Crippen molar-refractivity contribution in [1.29, 1.82) is 0 Å². The highest BCUT2D eigenvalue weighted by Gasteiger charge is 2.46. The van der Waals surface area contributed by atoms with Gasteiger partial charge in [-0.15, -0.1) is 0 Å². The van der Waals surface area contributed by atoms with Crippen LogP contribution in [0.3, 0.4) is 0 Å². The van der Waals surface area contributed by atoms with E-state index in [1.54, 1.807) is 0 Å². The van der Waals surface area contributed by atoms with E-state index in [0.717, 1.165) is 35.8 Å². The second-order valence-electron chi connectivity index (χ2n) is 6.25.